The van der Waals surface area contributed by atoms with E-state index in [1.165, 1.54) is 31.5 Å². The van der Waals surface area contributed by atoms with E-state index in [1.54, 1.807) is 7.11 Å². The van der Waals surface area contributed by atoms with Crippen LogP contribution in [0.2, 0.25) is 0 Å². The number of fused-ring (bicyclic) bond motifs is 3. The highest BCUT2D eigenvalue weighted by Gasteiger charge is 2.47. The van der Waals surface area contributed by atoms with Gasteiger partial charge in [-0.3, -0.25) is 0 Å². The summed E-state index contributed by atoms with van der Waals surface area (Å²) in [6, 6.07) is 18.5. The van der Waals surface area contributed by atoms with Gasteiger partial charge in [0.2, 0.25) is 0 Å². The van der Waals surface area contributed by atoms with Crippen LogP contribution >= 0.6 is 0 Å². The first-order valence-corrected chi connectivity index (χ1v) is 9.82. The minimum Gasteiger partial charge on any atom is -0.497 e. The van der Waals surface area contributed by atoms with E-state index in [9.17, 15) is 5.11 Å². The van der Waals surface area contributed by atoms with Gasteiger partial charge in [0, 0.05) is 12.5 Å². The molecule has 26 heavy (non-hydrogen) atoms. The van der Waals surface area contributed by atoms with Gasteiger partial charge in [-0.2, -0.15) is 0 Å². The summed E-state index contributed by atoms with van der Waals surface area (Å²) in [7, 11) is 1.70. The number of ether oxygens (including phenoxy) is 1. The van der Waals surface area contributed by atoms with Crippen LogP contribution in [-0.2, 0) is 12.0 Å². The maximum atomic E-state index is 12.0. The molecule has 0 radical (unpaired) electrons. The monoisotopic (exact) mass is 351 g/mol. The number of nitrogens with zero attached hydrogens (tertiary/aromatic N) is 1. The van der Waals surface area contributed by atoms with Gasteiger partial charge in [0.1, 0.15) is 5.75 Å². The standard InChI is InChI=1S/C23H29NO2/c1-26-21-9-5-6-18(16-21)10-13-23(25,20-7-3-2-4-8-20)22-17-24-14-11-19(22)12-15-24/h2-9,16,19,22,25H,10-15,17H2,1H3. The Labute approximate surface area is 156 Å². The van der Waals surface area contributed by atoms with Gasteiger partial charge in [-0.1, -0.05) is 42.5 Å². The molecule has 1 N–H and O–H groups in total. The molecule has 2 aromatic rings. The zero-order chi connectivity index (χ0) is 18.0. The Morgan fingerprint density at radius 2 is 1.85 bits per heavy atom. The summed E-state index contributed by atoms with van der Waals surface area (Å²) in [4.78, 5) is 2.53. The molecule has 138 valence electrons. The summed E-state index contributed by atoms with van der Waals surface area (Å²) in [5, 5.41) is 12.0. The maximum absolute atomic E-state index is 12.0. The number of aliphatic hydroxyl groups is 1. The van der Waals surface area contributed by atoms with Crippen LogP contribution in [0.3, 0.4) is 0 Å². The van der Waals surface area contributed by atoms with E-state index in [1.807, 2.05) is 30.3 Å². The molecule has 3 heteroatoms. The van der Waals surface area contributed by atoms with Gasteiger partial charge in [-0.25, -0.2) is 0 Å². The van der Waals surface area contributed by atoms with Gasteiger partial charge in [0.15, 0.2) is 0 Å². The van der Waals surface area contributed by atoms with Gasteiger partial charge in [0.05, 0.1) is 12.7 Å². The smallest absolute Gasteiger partial charge is 0.119 e. The summed E-state index contributed by atoms with van der Waals surface area (Å²) >= 11 is 0. The topological polar surface area (TPSA) is 32.7 Å². The Kier molecular flexibility index (Phi) is 5.01. The third-order valence-electron chi connectivity index (χ3n) is 6.47. The third-order valence-corrected chi connectivity index (χ3v) is 6.47. The van der Waals surface area contributed by atoms with Crippen LogP contribution < -0.4 is 4.74 Å². The molecule has 3 saturated heterocycles. The zero-order valence-corrected chi connectivity index (χ0v) is 15.6. The van der Waals surface area contributed by atoms with E-state index in [4.69, 9.17) is 4.74 Å². The molecule has 3 fully saturated rings. The Morgan fingerprint density at radius 1 is 1.08 bits per heavy atom. The van der Waals surface area contributed by atoms with Crippen molar-refractivity contribution in [1.82, 2.24) is 4.90 Å². The van der Waals surface area contributed by atoms with Crippen LogP contribution in [0.15, 0.2) is 54.6 Å². The van der Waals surface area contributed by atoms with Gasteiger partial charge in [-0.15, -0.1) is 0 Å². The first-order chi connectivity index (χ1) is 12.7. The lowest BCUT2D eigenvalue weighted by atomic mass is 9.66. The van der Waals surface area contributed by atoms with Crippen molar-refractivity contribution in [3.8, 4) is 5.75 Å². The van der Waals surface area contributed by atoms with E-state index in [-0.39, 0.29) is 0 Å². The second-order valence-electron chi connectivity index (χ2n) is 7.89. The summed E-state index contributed by atoms with van der Waals surface area (Å²) < 4.78 is 5.36. The molecule has 5 rings (SSSR count). The molecule has 0 aliphatic carbocycles. The number of piperidine rings is 3. The van der Waals surface area contributed by atoms with E-state index in [2.05, 4.69) is 29.2 Å². The lowest BCUT2D eigenvalue weighted by molar-refractivity contribution is -0.106. The molecular formula is C23H29NO2. The van der Waals surface area contributed by atoms with Gasteiger partial charge in [0.25, 0.3) is 0 Å². The highest BCUT2D eigenvalue weighted by Crippen LogP contribution is 2.45. The second-order valence-corrected chi connectivity index (χ2v) is 7.89. The molecule has 0 amide bonds. The van der Waals surface area contributed by atoms with E-state index < -0.39 is 5.60 Å². The average molecular weight is 351 g/mol. The Morgan fingerprint density at radius 3 is 2.50 bits per heavy atom. The molecule has 0 aromatic heterocycles. The molecule has 2 bridgehead atoms. The van der Waals surface area contributed by atoms with Crippen molar-refractivity contribution in [2.75, 3.05) is 26.7 Å². The first-order valence-electron chi connectivity index (χ1n) is 9.82. The van der Waals surface area contributed by atoms with Crippen molar-refractivity contribution in [3.05, 3.63) is 65.7 Å². The van der Waals surface area contributed by atoms with Crippen molar-refractivity contribution in [2.45, 2.75) is 31.3 Å². The van der Waals surface area contributed by atoms with Crippen LogP contribution in [0, 0.1) is 11.8 Å². The van der Waals surface area contributed by atoms with Gasteiger partial charge >= 0.3 is 0 Å². The van der Waals surface area contributed by atoms with Crippen LogP contribution in [0.4, 0.5) is 0 Å². The molecule has 3 aliphatic heterocycles. The average Bonchev–Trinajstić information content (AvgIpc) is 2.73. The molecule has 3 heterocycles. The predicted molar refractivity (Wildman–Crippen MR) is 104 cm³/mol. The largest absolute Gasteiger partial charge is 0.497 e. The van der Waals surface area contributed by atoms with Crippen LogP contribution in [-0.4, -0.2) is 36.8 Å². The molecule has 3 nitrogen and oxygen atoms in total. The molecule has 2 unspecified atom stereocenters. The van der Waals surface area contributed by atoms with E-state index in [0.29, 0.717) is 11.8 Å². The lowest BCUT2D eigenvalue weighted by Crippen LogP contribution is -2.55. The number of hydrogen-bond acceptors (Lipinski definition) is 3. The quantitative estimate of drug-likeness (QED) is 0.858. The van der Waals surface area contributed by atoms with Crippen LogP contribution in [0.1, 0.15) is 30.4 Å². The van der Waals surface area contributed by atoms with Crippen molar-refractivity contribution in [2.24, 2.45) is 11.8 Å². The minimum atomic E-state index is -0.770. The number of methoxy groups -OCH3 is 1. The van der Waals surface area contributed by atoms with Crippen molar-refractivity contribution < 1.29 is 9.84 Å². The highest BCUT2D eigenvalue weighted by atomic mass is 16.5. The molecule has 2 aromatic carbocycles. The second kappa shape index (κ2) is 7.42. The fourth-order valence-corrected chi connectivity index (χ4v) is 4.94. The van der Waals surface area contributed by atoms with Crippen molar-refractivity contribution in [1.29, 1.82) is 0 Å². The Hall–Kier alpha value is -1.84. The van der Waals surface area contributed by atoms with Gasteiger partial charge < -0.3 is 14.7 Å². The van der Waals surface area contributed by atoms with E-state index in [0.717, 1.165) is 30.7 Å². The number of hydrogen-bond donors (Lipinski definition) is 1. The predicted octanol–water partition coefficient (Wildman–Crippen LogP) is 3.86. The number of rotatable bonds is 6. The highest BCUT2D eigenvalue weighted by molar-refractivity contribution is 5.30. The normalized spacial score (nSPS) is 27.1. The first kappa shape index (κ1) is 17.6. The Bertz CT molecular complexity index is 724. The maximum Gasteiger partial charge on any atom is 0.119 e. The SMILES string of the molecule is COc1cccc(CCC(O)(c2ccccc2)C2CN3CCC2CC3)c1. The van der Waals surface area contributed by atoms with E-state index >= 15 is 0 Å². The summed E-state index contributed by atoms with van der Waals surface area (Å²) in [6.07, 6.45) is 4.04. The lowest BCUT2D eigenvalue weighted by Gasteiger charge is -2.51. The molecule has 0 saturated carbocycles. The number of benzene rings is 2. The van der Waals surface area contributed by atoms with Crippen LogP contribution in [0.25, 0.3) is 0 Å². The molecule has 3 aliphatic rings. The summed E-state index contributed by atoms with van der Waals surface area (Å²) in [6.45, 7) is 3.41. The summed E-state index contributed by atoms with van der Waals surface area (Å²) in [5.41, 5.74) is 1.52. The molecular weight excluding hydrogens is 322 g/mol. The third kappa shape index (κ3) is 3.38. The van der Waals surface area contributed by atoms with Crippen LogP contribution in [0.5, 0.6) is 5.75 Å². The van der Waals surface area contributed by atoms with Crippen molar-refractivity contribution in [3.63, 3.8) is 0 Å². The Balaban J connectivity index is 1.60. The molecule has 2 atom stereocenters. The zero-order valence-electron chi connectivity index (χ0n) is 15.6. The molecule has 0 spiro atoms. The summed E-state index contributed by atoms with van der Waals surface area (Å²) in [5.74, 6) is 1.84. The minimum absolute atomic E-state index is 0.318. The fraction of sp³-hybridized carbons (Fsp3) is 0.478. The van der Waals surface area contributed by atoms with Gasteiger partial charge in [-0.05, 0) is 68.0 Å². The van der Waals surface area contributed by atoms with Crippen molar-refractivity contribution >= 4 is 0 Å². The fourth-order valence-electron chi connectivity index (χ4n) is 4.94. The number of aryl methyl sites for hydroxylation is 1.